The van der Waals surface area contributed by atoms with Crippen LogP contribution in [0.25, 0.3) is 0 Å². The second kappa shape index (κ2) is 15.8. The number of carbonyl (C=O) groups is 5. The van der Waals surface area contributed by atoms with E-state index in [0.717, 1.165) is 12.0 Å². The van der Waals surface area contributed by atoms with Gasteiger partial charge in [-0.25, -0.2) is 4.79 Å². The summed E-state index contributed by atoms with van der Waals surface area (Å²) in [5, 5.41) is 2.84. The minimum absolute atomic E-state index is 0.101. The quantitative estimate of drug-likeness (QED) is 0.189. The lowest BCUT2D eigenvalue weighted by atomic mass is 9.77. The number of likely N-dealkylation sites (tertiary alicyclic amines) is 1. The van der Waals surface area contributed by atoms with E-state index < -0.39 is 24.0 Å². The molecule has 0 bridgehead atoms. The Balaban J connectivity index is 1.50. The van der Waals surface area contributed by atoms with Crippen molar-refractivity contribution in [3.05, 3.63) is 23.3 Å². The number of hydrogen-bond acceptors (Lipinski definition) is 9. The van der Waals surface area contributed by atoms with Crippen molar-refractivity contribution in [2.75, 3.05) is 44.8 Å². The van der Waals surface area contributed by atoms with E-state index in [1.807, 2.05) is 26.8 Å². The van der Waals surface area contributed by atoms with Gasteiger partial charge in [0, 0.05) is 71.3 Å². The lowest BCUT2D eigenvalue weighted by Gasteiger charge is -2.47. The molecule has 1 aromatic rings. The number of nitrogens with zero attached hydrogens (tertiary/aromatic N) is 3. The SMILES string of the molecule is CCC(=O)NCCN1C(=O)C2(CCC2)Oc2cc(C)c(C(=O)N(C(C)C)[C@@H]3CCCN(C(=O)OC(C)OC(=O)CCCOC)C3)cc21. The third-order valence-corrected chi connectivity index (χ3v) is 9.04. The second-order valence-electron chi connectivity index (χ2n) is 12.8. The average molecular weight is 659 g/mol. The molecule has 13 nitrogen and oxygen atoms in total. The number of ether oxygens (including phenoxy) is 4. The van der Waals surface area contributed by atoms with Gasteiger partial charge in [0.2, 0.25) is 12.2 Å². The predicted octanol–water partition coefficient (Wildman–Crippen LogP) is 3.94. The molecular formula is C34H50N4O9. The number of piperidine rings is 1. The highest BCUT2D eigenvalue weighted by Gasteiger charge is 2.52. The number of rotatable bonds is 13. The molecule has 3 aliphatic rings. The van der Waals surface area contributed by atoms with Crippen molar-refractivity contribution in [3.8, 4) is 5.75 Å². The summed E-state index contributed by atoms with van der Waals surface area (Å²) in [5.41, 5.74) is 0.768. The number of nitrogens with one attached hydrogen (secondary N) is 1. The van der Waals surface area contributed by atoms with E-state index in [1.165, 1.54) is 6.92 Å². The van der Waals surface area contributed by atoms with Crippen molar-refractivity contribution in [3.63, 3.8) is 0 Å². The van der Waals surface area contributed by atoms with Crippen molar-refractivity contribution < 1.29 is 42.9 Å². The summed E-state index contributed by atoms with van der Waals surface area (Å²) >= 11 is 0. The fourth-order valence-corrected chi connectivity index (χ4v) is 6.42. The van der Waals surface area contributed by atoms with Crippen molar-refractivity contribution in [1.82, 2.24) is 15.1 Å². The van der Waals surface area contributed by atoms with Gasteiger partial charge in [0.1, 0.15) is 5.75 Å². The van der Waals surface area contributed by atoms with Gasteiger partial charge in [-0.3, -0.25) is 19.2 Å². The van der Waals surface area contributed by atoms with Crippen LogP contribution in [0.2, 0.25) is 0 Å². The van der Waals surface area contributed by atoms with Crippen LogP contribution in [0.4, 0.5) is 10.5 Å². The largest absolute Gasteiger partial charge is 0.475 e. The fourth-order valence-electron chi connectivity index (χ4n) is 6.42. The van der Waals surface area contributed by atoms with Crippen molar-refractivity contribution >= 4 is 35.5 Å². The number of aryl methyl sites for hydroxylation is 1. The van der Waals surface area contributed by atoms with E-state index >= 15 is 0 Å². The summed E-state index contributed by atoms with van der Waals surface area (Å²) < 4.78 is 21.9. The van der Waals surface area contributed by atoms with E-state index in [1.54, 1.807) is 34.8 Å². The number of methoxy groups -OCH3 is 1. The molecule has 1 N–H and O–H groups in total. The Bertz CT molecular complexity index is 1330. The van der Waals surface area contributed by atoms with Gasteiger partial charge in [0.05, 0.1) is 11.7 Å². The first-order valence-electron chi connectivity index (χ1n) is 16.8. The standard InChI is InChI=1S/C34H50N4O9/c1-7-29(39)35-15-17-37-27-20-26(23(4)19-28(27)47-34(32(37)42)13-10-14-34)31(41)38(22(2)3)25-11-8-16-36(21-25)33(43)46-24(5)45-30(40)12-9-18-44-6/h19-20,22,24-25H,7-18,21H2,1-6H3,(H,35,39)/t24?,25-/m1/s1. The van der Waals surface area contributed by atoms with Crippen molar-refractivity contribution in [2.24, 2.45) is 0 Å². The molecule has 1 aromatic carbocycles. The lowest BCUT2D eigenvalue weighted by molar-refractivity contribution is -0.166. The molecule has 4 amide bonds. The number of amides is 4. The van der Waals surface area contributed by atoms with Crippen LogP contribution in [-0.2, 0) is 28.6 Å². The molecule has 4 rings (SSSR count). The van der Waals surface area contributed by atoms with Gasteiger partial charge in [-0.2, -0.15) is 0 Å². The van der Waals surface area contributed by atoms with Gasteiger partial charge >= 0.3 is 12.1 Å². The van der Waals surface area contributed by atoms with Crippen LogP contribution in [0.15, 0.2) is 12.1 Å². The first-order chi connectivity index (χ1) is 22.4. The van der Waals surface area contributed by atoms with Crippen LogP contribution in [0.3, 0.4) is 0 Å². The maximum atomic E-state index is 14.3. The molecule has 0 aromatic heterocycles. The Morgan fingerprint density at radius 1 is 1.13 bits per heavy atom. The maximum absolute atomic E-state index is 14.3. The Labute approximate surface area is 277 Å². The zero-order valence-electron chi connectivity index (χ0n) is 28.6. The molecular weight excluding hydrogens is 608 g/mol. The molecule has 1 aliphatic carbocycles. The molecule has 2 aliphatic heterocycles. The summed E-state index contributed by atoms with van der Waals surface area (Å²) in [7, 11) is 1.55. The first kappa shape index (κ1) is 36.0. The van der Waals surface area contributed by atoms with Crippen LogP contribution >= 0.6 is 0 Å². The molecule has 1 saturated carbocycles. The lowest BCUT2D eigenvalue weighted by Crippen LogP contribution is -2.61. The topological polar surface area (TPSA) is 144 Å². The molecule has 1 unspecified atom stereocenters. The molecule has 1 spiro atoms. The van der Waals surface area contributed by atoms with Gasteiger partial charge in [0.25, 0.3) is 11.8 Å². The third-order valence-electron chi connectivity index (χ3n) is 9.04. The normalized spacial score (nSPS) is 19.0. The number of hydrogen-bond donors (Lipinski definition) is 1. The van der Waals surface area contributed by atoms with E-state index in [0.29, 0.717) is 68.7 Å². The predicted molar refractivity (Wildman–Crippen MR) is 173 cm³/mol. The number of fused-ring (bicyclic) bond motifs is 1. The van der Waals surface area contributed by atoms with Crippen molar-refractivity contribution in [1.29, 1.82) is 0 Å². The highest BCUT2D eigenvalue weighted by atomic mass is 16.7. The Kier molecular flexibility index (Phi) is 12.1. The monoisotopic (exact) mass is 658 g/mol. The van der Waals surface area contributed by atoms with Gasteiger partial charge in [-0.05, 0) is 77.0 Å². The fraction of sp³-hybridized carbons (Fsp3) is 0.676. The van der Waals surface area contributed by atoms with E-state index in [-0.39, 0.29) is 55.9 Å². The van der Waals surface area contributed by atoms with E-state index in [2.05, 4.69) is 5.32 Å². The summed E-state index contributed by atoms with van der Waals surface area (Å²) in [5.74, 6) is -0.391. The van der Waals surface area contributed by atoms with E-state index in [4.69, 9.17) is 18.9 Å². The Hall–Kier alpha value is -3.87. The van der Waals surface area contributed by atoms with Crippen LogP contribution < -0.4 is 15.0 Å². The summed E-state index contributed by atoms with van der Waals surface area (Å²) in [4.78, 5) is 70.0. The average Bonchev–Trinajstić information content (AvgIpc) is 3.00. The molecule has 1 saturated heterocycles. The molecule has 2 fully saturated rings. The highest BCUT2D eigenvalue weighted by molar-refractivity contribution is 6.05. The van der Waals surface area contributed by atoms with Crippen LogP contribution in [0.1, 0.15) is 95.0 Å². The first-order valence-corrected chi connectivity index (χ1v) is 16.8. The van der Waals surface area contributed by atoms with Crippen LogP contribution in [0, 0.1) is 6.92 Å². The summed E-state index contributed by atoms with van der Waals surface area (Å²) in [6.45, 7) is 10.7. The minimum Gasteiger partial charge on any atom is -0.475 e. The smallest absolute Gasteiger partial charge is 0.412 e. The van der Waals surface area contributed by atoms with Gasteiger partial charge in [-0.15, -0.1) is 0 Å². The van der Waals surface area contributed by atoms with Crippen LogP contribution in [0.5, 0.6) is 5.75 Å². The van der Waals surface area contributed by atoms with Gasteiger partial charge in [0.15, 0.2) is 5.60 Å². The van der Waals surface area contributed by atoms with E-state index in [9.17, 15) is 24.0 Å². The summed E-state index contributed by atoms with van der Waals surface area (Å²) in [6.07, 6.45) is 2.83. The minimum atomic E-state index is -1.05. The second-order valence-corrected chi connectivity index (χ2v) is 12.8. The van der Waals surface area contributed by atoms with Gasteiger partial charge in [-0.1, -0.05) is 6.92 Å². The number of benzene rings is 1. The molecule has 2 atom stereocenters. The highest BCUT2D eigenvalue weighted by Crippen LogP contribution is 2.47. The maximum Gasteiger partial charge on any atom is 0.412 e. The van der Waals surface area contributed by atoms with Crippen molar-refractivity contribution in [2.45, 2.75) is 110 Å². The number of esters is 1. The third kappa shape index (κ3) is 8.35. The molecule has 13 heteroatoms. The zero-order valence-corrected chi connectivity index (χ0v) is 28.6. The van der Waals surface area contributed by atoms with Gasteiger partial charge < -0.3 is 39.0 Å². The zero-order chi connectivity index (χ0) is 34.3. The Morgan fingerprint density at radius 2 is 1.87 bits per heavy atom. The molecule has 260 valence electrons. The summed E-state index contributed by atoms with van der Waals surface area (Å²) in [6, 6.07) is 3.07. The Morgan fingerprint density at radius 3 is 2.51 bits per heavy atom. The molecule has 47 heavy (non-hydrogen) atoms. The molecule has 0 radical (unpaired) electrons. The number of carbonyl (C=O) groups excluding carboxylic acids is 5. The molecule has 2 heterocycles. The number of anilines is 1. The van der Waals surface area contributed by atoms with Crippen LogP contribution in [-0.4, -0.2) is 103 Å².